The average Bonchev–Trinajstić information content (AvgIpc) is 2.90. The van der Waals surface area contributed by atoms with Crippen LogP contribution in [-0.2, 0) is 16.1 Å². The van der Waals surface area contributed by atoms with Crippen LogP contribution in [0.25, 0.3) is 0 Å². The van der Waals surface area contributed by atoms with E-state index in [1.807, 2.05) is 51.1 Å². The first-order chi connectivity index (χ1) is 10.9. The minimum Gasteiger partial charge on any atom is -0.444 e. The summed E-state index contributed by atoms with van der Waals surface area (Å²) in [6.07, 6.45) is 1.22. The first-order valence-corrected chi connectivity index (χ1v) is 8.14. The first kappa shape index (κ1) is 17.8. The summed E-state index contributed by atoms with van der Waals surface area (Å²) in [4.78, 5) is 14.1. The van der Waals surface area contributed by atoms with Crippen LogP contribution in [0.3, 0.4) is 0 Å². The molecule has 5 nitrogen and oxygen atoms in total. The fraction of sp³-hybridized carbons (Fsp3) is 0.611. The largest absolute Gasteiger partial charge is 0.444 e. The van der Waals surface area contributed by atoms with Crippen molar-refractivity contribution in [3.63, 3.8) is 0 Å². The lowest BCUT2D eigenvalue weighted by Gasteiger charge is -2.31. The lowest BCUT2D eigenvalue weighted by Crippen LogP contribution is -2.47. The smallest absolute Gasteiger partial charge is 0.410 e. The molecule has 0 radical (unpaired) electrons. The highest BCUT2D eigenvalue weighted by atomic mass is 16.6. The Morgan fingerprint density at radius 2 is 1.87 bits per heavy atom. The zero-order valence-corrected chi connectivity index (χ0v) is 14.2. The van der Waals surface area contributed by atoms with Crippen LogP contribution in [-0.4, -0.2) is 47.0 Å². The Morgan fingerprint density at radius 3 is 2.48 bits per heavy atom. The minimum atomic E-state index is -0.547. The van der Waals surface area contributed by atoms with E-state index in [1.165, 1.54) is 0 Å². The number of benzene rings is 1. The number of likely N-dealkylation sites (tertiary alicyclic amines) is 1. The summed E-state index contributed by atoms with van der Waals surface area (Å²) in [5.41, 5.74) is 0.558. The molecule has 0 spiro atoms. The average molecular weight is 321 g/mol. The second-order valence-electron chi connectivity index (χ2n) is 6.96. The van der Waals surface area contributed by atoms with Crippen LogP contribution in [0.4, 0.5) is 4.79 Å². The van der Waals surface area contributed by atoms with Gasteiger partial charge in [0, 0.05) is 0 Å². The third kappa shape index (κ3) is 5.22. The Hall–Kier alpha value is -1.59. The first-order valence-electron chi connectivity index (χ1n) is 8.14. The molecule has 2 rings (SSSR count). The van der Waals surface area contributed by atoms with Gasteiger partial charge in [-0.1, -0.05) is 30.3 Å². The van der Waals surface area contributed by atoms with Crippen LogP contribution in [0, 0.1) is 0 Å². The van der Waals surface area contributed by atoms with E-state index in [4.69, 9.17) is 9.47 Å². The number of carbonyl (C=O) groups excluding carboxylic acids is 1. The molecular weight excluding hydrogens is 294 g/mol. The highest BCUT2D eigenvalue weighted by Crippen LogP contribution is 2.26. The van der Waals surface area contributed by atoms with Crippen LogP contribution < -0.4 is 0 Å². The molecule has 1 fully saturated rings. The van der Waals surface area contributed by atoms with Gasteiger partial charge in [-0.15, -0.1) is 0 Å². The molecule has 0 unspecified atom stereocenters. The monoisotopic (exact) mass is 321 g/mol. The second kappa shape index (κ2) is 7.79. The lowest BCUT2D eigenvalue weighted by molar-refractivity contribution is -0.00545. The summed E-state index contributed by atoms with van der Waals surface area (Å²) < 4.78 is 11.2. The number of aliphatic hydroxyl groups is 1. The van der Waals surface area contributed by atoms with E-state index in [1.54, 1.807) is 4.90 Å². The Balaban J connectivity index is 1.92. The highest BCUT2D eigenvalue weighted by molar-refractivity contribution is 5.69. The van der Waals surface area contributed by atoms with Crippen molar-refractivity contribution in [2.45, 2.75) is 57.9 Å². The topological polar surface area (TPSA) is 59.0 Å². The standard InChI is InChI=1S/C18H27NO4/c1-18(2,3)23-17(21)19-15(11-20)9-10-16(19)13-22-12-14-7-5-4-6-8-14/h4-8,15-16,20H,9-13H2,1-3H3/t15-,16-/m1/s1. The molecule has 1 aromatic carbocycles. The summed E-state index contributed by atoms with van der Waals surface area (Å²) in [6, 6.07) is 9.71. The predicted molar refractivity (Wildman–Crippen MR) is 88.1 cm³/mol. The third-order valence-electron chi connectivity index (χ3n) is 3.86. The molecule has 1 saturated heterocycles. The maximum absolute atomic E-state index is 12.4. The van der Waals surface area contributed by atoms with E-state index in [-0.39, 0.29) is 24.8 Å². The molecule has 0 saturated carbocycles. The highest BCUT2D eigenvalue weighted by Gasteiger charge is 2.38. The molecule has 128 valence electrons. The van der Waals surface area contributed by atoms with Gasteiger partial charge in [-0.05, 0) is 39.2 Å². The number of ether oxygens (including phenoxy) is 2. The normalized spacial score (nSPS) is 21.5. The fourth-order valence-electron chi connectivity index (χ4n) is 2.80. The number of amides is 1. The number of hydrogen-bond acceptors (Lipinski definition) is 4. The summed E-state index contributed by atoms with van der Waals surface area (Å²) in [7, 11) is 0. The van der Waals surface area contributed by atoms with Crippen LogP contribution in [0.1, 0.15) is 39.2 Å². The third-order valence-corrected chi connectivity index (χ3v) is 3.86. The van der Waals surface area contributed by atoms with Crippen molar-refractivity contribution in [3.8, 4) is 0 Å². The fourth-order valence-corrected chi connectivity index (χ4v) is 2.80. The van der Waals surface area contributed by atoms with Gasteiger partial charge in [-0.2, -0.15) is 0 Å². The van der Waals surface area contributed by atoms with Crippen molar-refractivity contribution in [3.05, 3.63) is 35.9 Å². The molecule has 0 aliphatic carbocycles. The molecule has 23 heavy (non-hydrogen) atoms. The zero-order valence-electron chi connectivity index (χ0n) is 14.2. The van der Waals surface area contributed by atoms with Crippen molar-refractivity contribution in [1.29, 1.82) is 0 Å². The van der Waals surface area contributed by atoms with E-state index < -0.39 is 5.60 Å². The van der Waals surface area contributed by atoms with Crippen molar-refractivity contribution in [2.75, 3.05) is 13.2 Å². The molecular formula is C18H27NO4. The van der Waals surface area contributed by atoms with Gasteiger partial charge in [0.05, 0.1) is 31.9 Å². The predicted octanol–water partition coefficient (Wildman–Crippen LogP) is 2.96. The molecule has 0 aromatic heterocycles. The van der Waals surface area contributed by atoms with E-state index in [9.17, 15) is 9.90 Å². The van der Waals surface area contributed by atoms with E-state index in [0.717, 1.165) is 18.4 Å². The van der Waals surface area contributed by atoms with Gasteiger partial charge in [0.15, 0.2) is 0 Å². The maximum atomic E-state index is 12.4. The molecule has 1 heterocycles. The maximum Gasteiger partial charge on any atom is 0.410 e. The molecule has 2 atom stereocenters. The Kier molecular flexibility index (Phi) is 6.02. The number of nitrogens with zero attached hydrogens (tertiary/aromatic N) is 1. The van der Waals surface area contributed by atoms with Crippen molar-refractivity contribution in [2.24, 2.45) is 0 Å². The van der Waals surface area contributed by atoms with Gasteiger partial charge >= 0.3 is 6.09 Å². The Morgan fingerprint density at radius 1 is 1.22 bits per heavy atom. The zero-order chi connectivity index (χ0) is 16.9. The van der Waals surface area contributed by atoms with Crippen molar-refractivity contribution < 1.29 is 19.4 Å². The van der Waals surface area contributed by atoms with Crippen molar-refractivity contribution >= 4 is 6.09 Å². The van der Waals surface area contributed by atoms with Crippen LogP contribution in [0.2, 0.25) is 0 Å². The summed E-state index contributed by atoms with van der Waals surface area (Å²) in [5, 5.41) is 9.51. The van der Waals surface area contributed by atoms with Gasteiger partial charge in [-0.3, -0.25) is 4.90 Å². The number of aliphatic hydroxyl groups excluding tert-OH is 1. The van der Waals surface area contributed by atoms with Gasteiger partial charge < -0.3 is 14.6 Å². The van der Waals surface area contributed by atoms with Gasteiger partial charge in [0.25, 0.3) is 0 Å². The summed E-state index contributed by atoms with van der Waals surface area (Å²) in [6.45, 7) is 6.45. The molecule has 1 aliphatic heterocycles. The Labute approximate surface area is 138 Å². The van der Waals surface area contributed by atoms with Crippen LogP contribution in [0.15, 0.2) is 30.3 Å². The van der Waals surface area contributed by atoms with Gasteiger partial charge in [-0.25, -0.2) is 4.79 Å². The molecule has 1 N–H and O–H groups in total. The molecule has 1 aliphatic rings. The summed E-state index contributed by atoms with van der Waals surface area (Å²) >= 11 is 0. The number of hydrogen-bond donors (Lipinski definition) is 1. The SMILES string of the molecule is CC(C)(C)OC(=O)N1[C@@H](COCc2ccccc2)CC[C@@H]1CO. The van der Waals surface area contributed by atoms with E-state index in [0.29, 0.717) is 13.2 Å². The van der Waals surface area contributed by atoms with Gasteiger partial charge in [0.2, 0.25) is 0 Å². The van der Waals surface area contributed by atoms with E-state index in [2.05, 4.69) is 0 Å². The van der Waals surface area contributed by atoms with Gasteiger partial charge in [0.1, 0.15) is 5.60 Å². The van der Waals surface area contributed by atoms with Crippen LogP contribution in [0.5, 0.6) is 0 Å². The van der Waals surface area contributed by atoms with E-state index >= 15 is 0 Å². The molecule has 1 aromatic rings. The Bertz CT molecular complexity index is 497. The van der Waals surface area contributed by atoms with Crippen molar-refractivity contribution in [1.82, 2.24) is 4.90 Å². The quantitative estimate of drug-likeness (QED) is 0.906. The number of carbonyl (C=O) groups is 1. The molecule has 0 bridgehead atoms. The minimum absolute atomic E-state index is 0.0472. The number of rotatable bonds is 5. The molecule has 1 amide bonds. The second-order valence-corrected chi connectivity index (χ2v) is 6.96. The lowest BCUT2D eigenvalue weighted by atomic mass is 10.2. The summed E-state index contributed by atoms with van der Waals surface area (Å²) in [5.74, 6) is 0. The van der Waals surface area contributed by atoms with Crippen LogP contribution >= 0.6 is 0 Å². The molecule has 5 heteroatoms.